The highest BCUT2D eigenvalue weighted by molar-refractivity contribution is 6.07. The number of nitrogens with zero attached hydrogens (tertiary/aromatic N) is 1. The van der Waals surface area contributed by atoms with Crippen molar-refractivity contribution >= 4 is 17.5 Å². The van der Waals surface area contributed by atoms with Crippen LogP contribution in [0.15, 0.2) is 48.5 Å². The lowest BCUT2D eigenvalue weighted by molar-refractivity contribution is -0.384. The van der Waals surface area contributed by atoms with Gasteiger partial charge in [0.25, 0.3) is 5.69 Å². The average Bonchev–Trinajstić information content (AvgIpc) is 2.64. The van der Waals surface area contributed by atoms with Gasteiger partial charge >= 0.3 is 0 Å². The number of benzene rings is 2. The van der Waals surface area contributed by atoms with Crippen LogP contribution < -0.4 is 9.47 Å². The highest BCUT2D eigenvalue weighted by Gasteiger charge is 2.10. The SMILES string of the molecule is COc1cc(/C=C/C(=O)c2cccc([N+](=O)[O-])c2)ccc1OCC(C)C. The summed E-state index contributed by atoms with van der Waals surface area (Å²) in [4.78, 5) is 22.5. The van der Waals surface area contributed by atoms with Gasteiger partial charge in [-0.2, -0.15) is 0 Å². The van der Waals surface area contributed by atoms with E-state index < -0.39 is 4.92 Å². The first-order valence-corrected chi connectivity index (χ1v) is 8.18. The Kier molecular flexibility index (Phi) is 6.49. The molecule has 0 N–H and O–H groups in total. The molecule has 2 aromatic carbocycles. The normalized spacial score (nSPS) is 10.9. The predicted molar refractivity (Wildman–Crippen MR) is 99.8 cm³/mol. The van der Waals surface area contributed by atoms with E-state index in [4.69, 9.17) is 9.47 Å². The van der Waals surface area contributed by atoms with Crippen molar-refractivity contribution in [3.8, 4) is 11.5 Å². The van der Waals surface area contributed by atoms with Crippen LogP contribution in [0.25, 0.3) is 6.08 Å². The van der Waals surface area contributed by atoms with Crippen molar-refractivity contribution in [1.29, 1.82) is 0 Å². The molecule has 0 saturated heterocycles. The molecule has 26 heavy (non-hydrogen) atoms. The van der Waals surface area contributed by atoms with Crippen molar-refractivity contribution in [2.75, 3.05) is 13.7 Å². The van der Waals surface area contributed by atoms with Crippen LogP contribution in [0.3, 0.4) is 0 Å². The zero-order valence-corrected chi connectivity index (χ0v) is 15.0. The summed E-state index contributed by atoms with van der Waals surface area (Å²) in [6, 6.07) is 11.0. The van der Waals surface area contributed by atoms with Crippen LogP contribution in [0.5, 0.6) is 11.5 Å². The lowest BCUT2D eigenvalue weighted by Gasteiger charge is -2.12. The molecule has 0 aliphatic rings. The van der Waals surface area contributed by atoms with E-state index in [-0.39, 0.29) is 17.0 Å². The summed E-state index contributed by atoms with van der Waals surface area (Å²) in [5, 5.41) is 10.8. The van der Waals surface area contributed by atoms with Gasteiger partial charge in [0, 0.05) is 17.7 Å². The van der Waals surface area contributed by atoms with Gasteiger partial charge in [-0.3, -0.25) is 14.9 Å². The number of methoxy groups -OCH3 is 1. The van der Waals surface area contributed by atoms with Crippen LogP contribution in [-0.4, -0.2) is 24.4 Å². The van der Waals surface area contributed by atoms with Crippen molar-refractivity contribution in [3.63, 3.8) is 0 Å². The van der Waals surface area contributed by atoms with Crippen molar-refractivity contribution in [2.24, 2.45) is 5.92 Å². The number of ketones is 1. The zero-order valence-electron chi connectivity index (χ0n) is 15.0. The number of nitro groups is 1. The average molecular weight is 355 g/mol. The molecule has 0 unspecified atom stereocenters. The number of nitro benzene ring substituents is 1. The standard InChI is InChI=1S/C20H21NO5/c1-14(2)13-26-19-10-8-15(11-20(19)25-3)7-9-18(22)16-5-4-6-17(12-16)21(23)24/h4-12,14H,13H2,1-3H3/b9-7+. The van der Waals surface area contributed by atoms with E-state index in [0.717, 1.165) is 5.56 Å². The second-order valence-electron chi connectivity index (χ2n) is 6.12. The van der Waals surface area contributed by atoms with Gasteiger partial charge < -0.3 is 9.47 Å². The fourth-order valence-corrected chi connectivity index (χ4v) is 2.20. The minimum atomic E-state index is -0.527. The largest absolute Gasteiger partial charge is 0.493 e. The van der Waals surface area contributed by atoms with Crippen LogP contribution in [0.4, 0.5) is 5.69 Å². The Labute approximate surface area is 152 Å². The van der Waals surface area contributed by atoms with Crippen molar-refractivity contribution in [3.05, 3.63) is 69.8 Å². The summed E-state index contributed by atoms with van der Waals surface area (Å²) in [6.45, 7) is 4.70. The fourth-order valence-electron chi connectivity index (χ4n) is 2.20. The smallest absolute Gasteiger partial charge is 0.270 e. The molecule has 0 aliphatic carbocycles. The number of allylic oxidation sites excluding steroid dienone is 1. The molecule has 0 fully saturated rings. The number of carbonyl (C=O) groups excluding carboxylic acids is 1. The molecule has 6 heteroatoms. The van der Waals surface area contributed by atoms with Gasteiger partial charge in [0.1, 0.15) is 0 Å². The third-order valence-corrected chi connectivity index (χ3v) is 3.53. The molecule has 0 aromatic heterocycles. The first-order chi connectivity index (χ1) is 12.4. The highest BCUT2D eigenvalue weighted by Crippen LogP contribution is 2.29. The minimum absolute atomic E-state index is 0.113. The monoisotopic (exact) mass is 355 g/mol. The quantitative estimate of drug-likeness (QED) is 0.301. The van der Waals surface area contributed by atoms with E-state index in [1.165, 1.54) is 24.3 Å². The summed E-state index contributed by atoms with van der Waals surface area (Å²) < 4.78 is 11.0. The Bertz CT molecular complexity index is 827. The van der Waals surface area contributed by atoms with Crippen LogP contribution in [-0.2, 0) is 0 Å². The number of rotatable bonds is 8. The molecular weight excluding hydrogens is 334 g/mol. The van der Waals surface area contributed by atoms with Crippen molar-refractivity contribution in [2.45, 2.75) is 13.8 Å². The van der Waals surface area contributed by atoms with Gasteiger partial charge in [-0.25, -0.2) is 0 Å². The van der Waals surface area contributed by atoms with Gasteiger partial charge in [-0.15, -0.1) is 0 Å². The summed E-state index contributed by atoms with van der Waals surface area (Å²) in [7, 11) is 1.55. The third kappa shape index (κ3) is 5.17. The molecule has 0 aliphatic heterocycles. The first-order valence-electron chi connectivity index (χ1n) is 8.18. The Hall–Kier alpha value is -3.15. The highest BCUT2D eigenvalue weighted by atomic mass is 16.6. The lowest BCUT2D eigenvalue weighted by atomic mass is 10.1. The van der Waals surface area contributed by atoms with Crippen LogP contribution in [0, 0.1) is 16.0 Å². The topological polar surface area (TPSA) is 78.7 Å². The third-order valence-electron chi connectivity index (χ3n) is 3.53. The number of carbonyl (C=O) groups is 1. The van der Waals surface area contributed by atoms with E-state index in [0.29, 0.717) is 24.0 Å². The molecule has 0 heterocycles. The van der Waals surface area contributed by atoms with Gasteiger partial charge in [0.05, 0.1) is 18.6 Å². The number of non-ortho nitro benzene ring substituents is 1. The maximum absolute atomic E-state index is 12.2. The molecule has 136 valence electrons. The van der Waals surface area contributed by atoms with Crippen molar-refractivity contribution < 1.29 is 19.2 Å². The van der Waals surface area contributed by atoms with Crippen molar-refractivity contribution in [1.82, 2.24) is 0 Å². The lowest BCUT2D eigenvalue weighted by Crippen LogP contribution is -2.05. The van der Waals surface area contributed by atoms with Crippen LogP contribution in [0.2, 0.25) is 0 Å². The summed E-state index contributed by atoms with van der Waals surface area (Å²) in [6.07, 6.45) is 3.01. The molecule has 0 atom stereocenters. The number of hydrogen-bond acceptors (Lipinski definition) is 5. The summed E-state index contributed by atoms with van der Waals surface area (Å²) >= 11 is 0. The summed E-state index contributed by atoms with van der Waals surface area (Å²) in [5.41, 5.74) is 0.911. The van der Waals surface area contributed by atoms with Crippen LogP contribution >= 0.6 is 0 Å². The maximum atomic E-state index is 12.2. The number of hydrogen-bond donors (Lipinski definition) is 0. The van der Waals surface area contributed by atoms with E-state index in [1.807, 2.05) is 6.07 Å². The molecule has 2 aromatic rings. The van der Waals surface area contributed by atoms with Gasteiger partial charge in [0.15, 0.2) is 17.3 Å². The van der Waals surface area contributed by atoms with E-state index in [1.54, 1.807) is 31.4 Å². The number of ether oxygens (including phenoxy) is 2. The second-order valence-corrected chi connectivity index (χ2v) is 6.12. The van der Waals surface area contributed by atoms with Gasteiger partial charge in [-0.1, -0.05) is 38.1 Å². The molecule has 0 bridgehead atoms. The first kappa shape index (κ1) is 19.2. The molecular formula is C20H21NO5. The molecule has 0 spiro atoms. The molecule has 0 amide bonds. The Morgan fingerprint density at radius 3 is 2.62 bits per heavy atom. The molecule has 0 saturated carbocycles. The second kappa shape index (κ2) is 8.80. The molecule has 6 nitrogen and oxygen atoms in total. The predicted octanol–water partition coefficient (Wildman–Crippen LogP) is 4.53. The minimum Gasteiger partial charge on any atom is -0.493 e. The van der Waals surface area contributed by atoms with E-state index in [2.05, 4.69) is 13.8 Å². The van der Waals surface area contributed by atoms with E-state index >= 15 is 0 Å². The van der Waals surface area contributed by atoms with Crippen LogP contribution in [0.1, 0.15) is 29.8 Å². The zero-order chi connectivity index (χ0) is 19.1. The Morgan fingerprint density at radius 2 is 1.96 bits per heavy atom. The Morgan fingerprint density at radius 1 is 1.19 bits per heavy atom. The fraction of sp³-hybridized carbons (Fsp3) is 0.250. The molecule has 2 rings (SSSR count). The van der Waals surface area contributed by atoms with Gasteiger partial charge in [-0.05, 0) is 29.7 Å². The molecule has 0 radical (unpaired) electrons. The maximum Gasteiger partial charge on any atom is 0.270 e. The van der Waals surface area contributed by atoms with E-state index in [9.17, 15) is 14.9 Å². The van der Waals surface area contributed by atoms with Gasteiger partial charge in [0.2, 0.25) is 0 Å². The summed E-state index contributed by atoms with van der Waals surface area (Å²) in [5.74, 6) is 1.30. The Balaban J connectivity index is 2.15.